The number of likely N-dealkylation sites (tertiary alicyclic amines) is 1. The normalized spacial score (nSPS) is 15.2. The first-order valence-corrected chi connectivity index (χ1v) is 8.74. The lowest BCUT2D eigenvalue weighted by atomic mass is 10.1. The molecule has 2 aromatic rings. The smallest absolute Gasteiger partial charge is 0.319 e. The summed E-state index contributed by atoms with van der Waals surface area (Å²) in [6, 6.07) is 5.71. The molecule has 0 bridgehead atoms. The van der Waals surface area contributed by atoms with E-state index in [0.29, 0.717) is 36.8 Å². The van der Waals surface area contributed by atoms with Gasteiger partial charge in [0.25, 0.3) is 0 Å². The van der Waals surface area contributed by atoms with E-state index in [4.69, 9.17) is 19.9 Å². The van der Waals surface area contributed by atoms with E-state index < -0.39 is 0 Å². The minimum Gasteiger partial charge on any atom is -0.497 e. The van der Waals surface area contributed by atoms with E-state index in [1.807, 2.05) is 19.1 Å². The van der Waals surface area contributed by atoms with Gasteiger partial charge in [-0.05, 0) is 25.1 Å². The molecule has 0 unspecified atom stereocenters. The third kappa shape index (κ3) is 4.13. The van der Waals surface area contributed by atoms with Crippen LogP contribution in [0.5, 0.6) is 11.8 Å². The van der Waals surface area contributed by atoms with Gasteiger partial charge in [-0.25, -0.2) is 0 Å². The second-order valence-electron chi connectivity index (χ2n) is 6.11. The molecule has 8 nitrogen and oxygen atoms in total. The number of carbonyl (C=O) groups excluding carboxylic acids is 1. The summed E-state index contributed by atoms with van der Waals surface area (Å²) in [4.78, 5) is 22.5. The highest BCUT2D eigenvalue weighted by Crippen LogP contribution is 2.26. The summed E-state index contributed by atoms with van der Waals surface area (Å²) >= 11 is 0. The first kappa shape index (κ1) is 18.2. The Kier molecular flexibility index (Phi) is 5.72. The molecule has 1 amide bonds. The maximum atomic E-state index is 12.0. The molecule has 1 saturated heterocycles. The van der Waals surface area contributed by atoms with E-state index in [0.717, 1.165) is 18.2 Å². The van der Waals surface area contributed by atoms with Gasteiger partial charge in [-0.2, -0.15) is 9.97 Å². The van der Waals surface area contributed by atoms with Crippen LogP contribution in [0.4, 0.5) is 5.82 Å². The molecule has 1 aliphatic heterocycles. The molecule has 1 aliphatic rings. The second-order valence-corrected chi connectivity index (χ2v) is 6.11. The van der Waals surface area contributed by atoms with E-state index in [-0.39, 0.29) is 24.6 Å². The number of methoxy groups -OCH3 is 1. The molecule has 26 heavy (non-hydrogen) atoms. The van der Waals surface area contributed by atoms with Gasteiger partial charge in [0.1, 0.15) is 24.3 Å². The molecule has 2 N–H and O–H groups in total. The number of aromatic nitrogens is 2. The molecule has 0 radical (unpaired) electrons. The van der Waals surface area contributed by atoms with Gasteiger partial charge in [0.2, 0.25) is 5.91 Å². The number of nitrogens with two attached hydrogens (primary N) is 1. The molecule has 140 valence electrons. The standard InChI is InChI=1S/C18H24N4O4/c1-3-25-11-16(23)22-8-6-12(7-9-22)26-18-20-15-5-4-13(24-2)10-14(15)17(19)21-18/h4-5,10,12H,3,6-9,11H2,1-2H3,(H2,19,20,21). The number of rotatable bonds is 6. The third-order valence-corrected chi connectivity index (χ3v) is 4.41. The Morgan fingerprint density at radius 2 is 2.08 bits per heavy atom. The van der Waals surface area contributed by atoms with Gasteiger partial charge in [-0.1, -0.05) is 0 Å². The first-order chi connectivity index (χ1) is 12.6. The lowest BCUT2D eigenvalue weighted by Gasteiger charge is -2.31. The molecule has 0 atom stereocenters. The Hall–Kier alpha value is -2.61. The number of anilines is 1. The molecular formula is C18H24N4O4. The highest BCUT2D eigenvalue weighted by Gasteiger charge is 2.24. The van der Waals surface area contributed by atoms with Crippen molar-refractivity contribution in [2.45, 2.75) is 25.9 Å². The topological polar surface area (TPSA) is 99.8 Å². The van der Waals surface area contributed by atoms with E-state index in [1.54, 1.807) is 18.1 Å². The van der Waals surface area contributed by atoms with Gasteiger partial charge >= 0.3 is 6.01 Å². The SMILES string of the molecule is CCOCC(=O)N1CCC(Oc2nc(N)c3cc(OC)ccc3n2)CC1. The fraction of sp³-hybridized carbons (Fsp3) is 0.500. The number of amides is 1. The van der Waals surface area contributed by atoms with Crippen molar-refractivity contribution in [3.63, 3.8) is 0 Å². The quantitative estimate of drug-likeness (QED) is 0.835. The van der Waals surface area contributed by atoms with Crippen LogP contribution in [0, 0.1) is 0 Å². The van der Waals surface area contributed by atoms with Crippen molar-refractivity contribution >= 4 is 22.6 Å². The lowest BCUT2D eigenvalue weighted by Crippen LogP contribution is -2.43. The van der Waals surface area contributed by atoms with Crippen molar-refractivity contribution in [3.8, 4) is 11.8 Å². The summed E-state index contributed by atoms with van der Waals surface area (Å²) in [6.07, 6.45) is 1.41. The van der Waals surface area contributed by atoms with Crippen LogP contribution in [0.15, 0.2) is 18.2 Å². The summed E-state index contributed by atoms with van der Waals surface area (Å²) in [5.41, 5.74) is 6.75. The minimum absolute atomic E-state index is 0.0189. The van der Waals surface area contributed by atoms with Gasteiger partial charge < -0.3 is 24.8 Å². The van der Waals surface area contributed by atoms with Crippen LogP contribution in [0.1, 0.15) is 19.8 Å². The molecular weight excluding hydrogens is 336 g/mol. The molecule has 2 heterocycles. The lowest BCUT2D eigenvalue weighted by molar-refractivity contribution is -0.137. The number of hydrogen-bond donors (Lipinski definition) is 1. The molecule has 0 saturated carbocycles. The minimum atomic E-state index is -0.0405. The first-order valence-electron chi connectivity index (χ1n) is 8.74. The zero-order valence-corrected chi connectivity index (χ0v) is 15.1. The van der Waals surface area contributed by atoms with E-state index in [1.165, 1.54) is 0 Å². The largest absolute Gasteiger partial charge is 0.497 e. The average Bonchev–Trinajstić information content (AvgIpc) is 2.66. The predicted octanol–water partition coefficient (Wildman–Crippen LogP) is 1.63. The summed E-state index contributed by atoms with van der Waals surface area (Å²) in [5, 5.41) is 0.730. The number of piperidine rings is 1. The van der Waals surface area contributed by atoms with Gasteiger partial charge in [-0.3, -0.25) is 4.79 Å². The fourth-order valence-electron chi connectivity index (χ4n) is 2.94. The van der Waals surface area contributed by atoms with Crippen molar-refractivity contribution in [1.82, 2.24) is 14.9 Å². The summed E-state index contributed by atoms with van der Waals surface area (Å²) in [6.45, 7) is 3.82. The van der Waals surface area contributed by atoms with Crippen molar-refractivity contribution in [3.05, 3.63) is 18.2 Å². The van der Waals surface area contributed by atoms with Crippen LogP contribution in [0.2, 0.25) is 0 Å². The Balaban J connectivity index is 1.62. The Morgan fingerprint density at radius 1 is 1.31 bits per heavy atom. The molecule has 0 aliphatic carbocycles. The monoisotopic (exact) mass is 360 g/mol. The zero-order chi connectivity index (χ0) is 18.5. The Labute approximate surface area is 152 Å². The van der Waals surface area contributed by atoms with Crippen LogP contribution in [0.25, 0.3) is 10.9 Å². The fourth-order valence-corrected chi connectivity index (χ4v) is 2.94. The molecule has 1 aromatic heterocycles. The van der Waals surface area contributed by atoms with Crippen molar-refractivity contribution < 1.29 is 19.0 Å². The van der Waals surface area contributed by atoms with Gasteiger partial charge in [-0.15, -0.1) is 0 Å². The van der Waals surface area contributed by atoms with Crippen molar-refractivity contribution in [2.24, 2.45) is 0 Å². The highest BCUT2D eigenvalue weighted by molar-refractivity contribution is 5.89. The predicted molar refractivity (Wildman–Crippen MR) is 97.2 cm³/mol. The highest BCUT2D eigenvalue weighted by atomic mass is 16.5. The van der Waals surface area contributed by atoms with Crippen LogP contribution >= 0.6 is 0 Å². The summed E-state index contributed by atoms with van der Waals surface area (Å²) in [7, 11) is 1.60. The summed E-state index contributed by atoms with van der Waals surface area (Å²) in [5.74, 6) is 1.07. The number of hydrogen-bond acceptors (Lipinski definition) is 7. The second kappa shape index (κ2) is 8.18. The average molecular weight is 360 g/mol. The number of benzene rings is 1. The maximum Gasteiger partial charge on any atom is 0.319 e. The van der Waals surface area contributed by atoms with Gasteiger partial charge in [0.15, 0.2) is 0 Å². The Bertz CT molecular complexity index is 775. The number of nitrogens with zero attached hydrogens (tertiary/aromatic N) is 3. The molecule has 1 fully saturated rings. The Morgan fingerprint density at radius 3 is 2.77 bits per heavy atom. The number of fused-ring (bicyclic) bond motifs is 1. The van der Waals surface area contributed by atoms with E-state index >= 15 is 0 Å². The van der Waals surface area contributed by atoms with Crippen molar-refractivity contribution in [1.29, 1.82) is 0 Å². The number of carbonyl (C=O) groups is 1. The molecule has 8 heteroatoms. The molecule has 3 rings (SSSR count). The maximum absolute atomic E-state index is 12.0. The number of nitrogen functional groups attached to an aromatic ring is 1. The third-order valence-electron chi connectivity index (χ3n) is 4.41. The zero-order valence-electron chi connectivity index (χ0n) is 15.1. The van der Waals surface area contributed by atoms with E-state index in [2.05, 4.69) is 9.97 Å². The van der Waals surface area contributed by atoms with Crippen LogP contribution < -0.4 is 15.2 Å². The van der Waals surface area contributed by atoms with Gasteiger partial charge in [0.05, 0.1) is 12.6 Å². The number of ether oxygens (including phenoxy) is 3. The van der Waals surface area contributed by atoms with Gasteiger partial charge in [0, 0.05) is 37.9 Å². The molecule has 1 aromatic carbocycles. The van der Waals surface area contributed by atoms with Crippen LogP contribution in [-0.4, -0.2) is 60.3 Å². The van der Waals surface area contributed by atoms with Crippen molar-refractivity contribution in [2.75, 3.05) is 39.1 Å². The summed E-state index contributed by atoms with van der Waals surface area (Å²) < 4.78 is 16.3. The molecule has 0 spiro atoms. The van der Waals surface area contributed by atoms with Crippen LogP contribution in [-0.2, 0) is 9.53 Å². The van der Waals surface area contributed by atoms with E-state index in [9.17, 15) is 4.79 Å². The van der Waals surface area contributed by atoms with Crippen LogP contribution in [0.3, 0.4) is 0 Å².